The summed E-state index contributed by atoms with van der Waals surface area (Å²) < 4.78 is 5.87. The van der Waals surface area contributed by atoms with Crippen molar-refractivity contribution in [2.45, 2.75) is 52.6 Å². The molecule has 0 bridgehead atoms. The SMILES string of the molecule is CCCCNC(=O)C(Cc1ccccc1)N(Cc1ccc(Cl)c(Cl)c1)C(=O)COc1ccc(C)c(C)c1. The largest absolute Gasteiger partial charge is 0.484 e. The van der Waals surface area contributed by atoms with E-state index in [0.29, 0.717) is 28.8 Å². The normalized spacial score (nSPS) is 11.6. The lowest BCUT2D eigenvalue weighted by molar-refractivity contribution is -0.142. The molecule has 0 saturated heterocycles. The molecule has 0 aromatic heterocycles. The van der Waals surface area contributed by atoms with E-state index in [1.54, 1.807) is 17.0 Å². The summed E-state index contributed by atoms with van der Waals surface area (Å²) in [7, 11) is 0. The second-order valence-corrected chi connectivity index (χ2v) is 9.97. The maximum absolute atomic E-state index is 13.7. The highest BCUT2D eigenvalue weighted by molar-refractivity contribution is 6.42. The molecule has 0 radical (unpaired) electrons. The van der Waals surface area contributed by atoms with Crippen LogP contribution in [-0.2, 0) is 22.6 Å². The van der Waals surface area contributed by atoms with Gasteiger partial charge in [0.2, 0.25) is 5.91 Å². The Balaban J connectivity index is 1.91. The summed E-state index contributed by atoms with van der Waals surface area (Å²) in [5, 5.41) is 3.84. The number of nitrogens with one attached hydrogen (secondary N) is 1. The summed E-state index contributed by atoms with van der Waals surface area (Å²) in [6.07, 6.45) is 2.19. The molecular formula is C30H34Cl2N2O3. The Morgan fingerprint density at radius 2 is 1.68 bits per heavy atom. The Morgan fingerprint density at radius 3 is 2.35 bits per heavy atom. The third kappa shape index (κ3) is 8.51. The highest BCUT2D eigenvalue weighted by atomic mass is 35.5. The molecule has 196 valence electrons. The van der Waals surface area contributed by atoms with Crippen LogP contribution in [0.3, 0.4) is 0 Å². The molecule has 37 heavy (non-hydrogen) atoms. The van der Waals surface area contributed by atoms with Crippen LogP contribution < -0.4 is 10.1 Å². The first-order valence-corrected chi connectivity index (χ1v) is 13.3. The van der Waals surface area contributed by atoms with Gasteiger partial charge in [0.1, 0.15) is 11.8 Å². The molecule has 7 heteroatoms. The van der Waals surface area contributed by atoms with Gasteiger partial charge in [-0.3, -0.25) is 9.59 Å². The van der Waals surface area contributed by atoms with Crippen molar-refractivity contribution in [2.75, 3.05) is 13.2 Å². The van der Waals surface area contributed by atoms with E-state index < -0.39 is 6.04 Å². The van der Waals surface area contributed by atoms with Gasteiger partial charge < -0.3 is 15.0 Å². The topological polar surface area (TPSA) is 58.6 Å². The average Bonchev–Trinajstić information content (AvgIpc) is 2.89. The number of amides is 2. The Morgan fingerprint density at radius 1 is 0.919 bits per heavy atom. The number of hydrogen-bond acceptors (Lipinski definition) is 3. The van der Waals surface area contributed by atoms with Crippen molar-refractivity contribution in [2.24, 2.45) is 0 Å². The molecule has 2 amide bonds. The van der Waals surface area contributed by atoms with Crippen molar-refractivity contribution in [1.82, 2.24) is 10.2 Å². The number of hydrogen-bond donors (Lipinski definition) is 1. The predicted octanol–water partition coefficient (Wildman–Crippen LogP) is 6.55. The summed E-state index contributed by atoms with van der Waals surface area (Å²) in [5.74, 6) is 0.116. The van der Waals surface area contributed by atoms with Gasteiger partial charge in [-0.25, -0.2) is 0 Å². The van der Waals surface area contributed by atoms with Crippen LogP contribution in [0.1, 0.15) is 42.0 Å². The van der Waals surface area contributed by atoms with E-state index in [-0.39, 0.29) is 25.0 Å². The number of halogens is 2. The quantitative estimate of drug-likeness (QED) is 0.265. The summed E-state index contributed by atoms with van der Waals surface area (Å²) in [4.78, 5) is 28.7. The number of benzene rings is 3. The van der Waals surface area contributed by atoms with Crippen LogP contribution in [-0.4, -0.2) is 35.9 Å². The van der Waals surface area contributed by atoms with Crippen molar-refractivity contribution in [3.05, 3.63) is 99.0 Å². The minimum atomic E-state index is -0.732. The van der Waals surface area contributed by atoms with Gasteiger partial charge in [0.15, 0.2) is 6.61 Å². The Hall–Kier alpha value is -3.02. The van der Waals surface area contributed by atoms with Crippen LogP contribution in [0.2, 0.25) is 10.0 Å². The predicted molar refractivity (Wildman–Crippen MR) is 150 cm³/mol. The standard InChI is InChI=1S/C30H34Cl2N2O3/c1-4-5-15-33-30(36)28(18-23-9-7-6-8-10-23)34(19-24-12-14-26(31)27(32)17-24)29(35)20-37-25-13-11-21(2)22(3)16-25/h6-14,16-17,28H,4-5,15,18-20H2,1-3H3,(H,33,36). The van der Waals surface area contributed by atoms with Gasteiger partial charge in [0.05, 0.1) is 10.0 Å². The van der Waals surface area contributed by atoms with E-state index in [2.05, 4.69) is 12.2 Å². The fourth-order valence-corrected chi connectivity index (χ4v) is 4.25. The van der Waals surface area contributed by atoms with Crippen molar-refractivity contribution >= 4 is 35.0 Å². The van der Waals surface area contributed by atoms with E-state index in [0.717, 1.165) is 35.1 Å². The second-order valence-electron chi connectivity index (χ2n) is 9.15. The molecule has 1 atom stereocenters. The molecule has 1 N–H and O–H groups in total. The van der Waals surface area contributed by atoms with E-state index in [1.165, 1.54) is 0 Å². The first-order valence-electron chi connectivity index (χ1n) is 12.5. The van der Waals surface area contributed by atoms with Gasteiger partial charge in [-0.1, -0.05) is 79.0 Å². The monoisotopic (exact) mass is 540 g/mol. The minimum absolute atomic E-state index is 0.185. The average molecular weight is 542 g/mol. The summed E-state index contributed by atoms with van der Waals surface area (Å²) in [6.45, 7) is 6.63. The number of aryl methyl sites for hydroxylation is 2. The first-order chi connectivity index (χ1) is 17.8. The Labute approximate surface area is 229 Å². The number of carbonyl (C=O) groups excluding carboxylic acids is 2. The van der Waals surface area contributed by atoms with E-state index in [9.17, 15) is 9.59 Å². The van der Waals surface area contributed by atoms with E-state index in [1.807, 2.05) is 68.4 Å². The Kier molecular flexibility index (Phi) is 10.8. The zero-order valence-corrected chi connectivity index (χ0v) is 23.1. The fourth-order valence-electron chi connectivity index (χ4n) is 3.93. The van der Waals surface area contributed by atoms with Crippen LogP contribution in [0.25, 0.3) is 0 Å². The fraction of sp³-hybridized carbons (Fsp3) is 0.333. The number of nitrogens with zero attached hydrogens (tertiary/aromatic N) is 1. The van der Waals surface area contributed by atoms with Crippen molar-refractivity contribution < 1.29 is 14.3 Å². The molecule has 0 saturated carbocycles. The number of carbonyl (C=O) groups is 2. The van der Waals surface area contributed by atoms with Gasteiger partial charge in [0.25, 0.3) is 5.91 Å². The van der Waals surface area contributed by atoms with Crippen LogP contribution in [0.15, 0.2) is 66.7 Å². The number of ether oxygens (including phenoxy) is 1. The first kappa shape index (κ1) is 28.5. The third-order valence-electron chi connectivity index (χ3n) is 6.28. The number of unbranched alkanes of at least 4 members (excludes halogenated alkanes) is 1. The lowest BCUT2D eigenvalue weighted by Crippen LogP contribution is -2.51. The zero-order valence-electron chi connectivity index (χ0n) is 21.6. The molecule has 0 aliphatic rings. The van der Waals surface area contributed by atoms with Crippen LogP contribution >= 0.6 is 23.2 Å². The molecule has 3 aromatic carbocycles. The van der Waals surface area contributed by atoms with Gasteiger partial charge >= 0.3 is 0 Å². The molecule has 0 spiro atoms. The summed E-state index contributed by atoms with van der Waals surface area (Å²) in [5.41, 5.74) is 3.95. The van der Waals surface area contributed by atoms with Gasteiger partial charge in [-0.2, -0.15) is 0 Å². The molecule has 5 nitrogen and oxygen atoms in total. The molecule has 0 aliphatic heterocycles. The molecule has 0 fully saturated rings. The van der Waals surface area contributed by atoms with Crippen molar-refractivity contribution in [1.29, 1.82) is 0 Å². The highest BCUT2D eigenvalue weighted by Crippen LogP contribution is 2.24. The number of rotatable bonds is 12. The van der Waals surface area contributed by atoms with Crippen LogP contribution in [0.5, 0.6) is 5.75 Å². The smallest absolute Gasteiger partial charge is 0.261 e. The lowest BCUT2D eigenvalue weighted by Gasteiger charge is -2.31. The van der Waals surface area contributed by atoms with E-state index >= 15 is 0 Å². The molecular weight excluding hydrogens is 507 g/mol. The van der Waals surface area contributed by atoms with E-state index in [4.69, 9.17) is 27.9 Å². The zero-order chi connectivity index (χ0) is 26.8. The van der Waals surface area contributed by atoms with Gasteiger partial charge in [-0.15, -0.1) is 0 Å². The van der Waals surface area contributed by atoms with Crippen molar-refractivity contribution in [3.63, 3.8) is 0 Å². The Bertz CT molecular complexity index is 1200. The summed E-state index contributed by atoms with van der Waals surface area (Å²) in [6, 6.07) is 19.9. The minimum Gasteiger partial charge on any atom is -0.484 e. The highest BCUT2D eigenvalue weighted by Gasteiger charge is 2.30. The molecule has 3 aromatic rings. The molecule has 0 heterocycles. The molecule has 3 rings (SSSR count). The third-order valence-corrected chi connectivity index (χ3v) is 7.02. The molecule has 1 unspecified atom stereocenters. The van der Waals surface area contributed by atoms with Crippen LogP contribution in [0.4, 0.5) is 0 Å². The van der Waals surface area contributed by atoms with Gasteiger partial charge in [-0.05, 0) is 66.8 Å². The van der Waals surface area contributed by atoms with Crippen molar-refractivity contribution in [3.8, 4) is 5.75 Å². The maximum atomic E-state index is 13.7. The molecule has 0 aliphatic carbocycles. The summed E-state index contributed by atoms with van der Waals surface area (Å²) >= 11 is 12.4. The second kappa shape index (κ2) is 14.1. The van der Waals surface area contributed by atoms with Crippen LogP contribution in [0, 0.1) is 13.8 Å². The van der Waals surface area contributed by atoms with Gasteiger partial charge in [0, 0.05) is 19.5 Å². The maximum Gasteiger partial charge on any atom is 0.261 e. The lowest BCUT2D eigenvalue weighted by atomic mass is 10.0.